The molecule has 5 nitrogen and oxygen atoms in total. The van der Waals surface area contributed by atoms with Crippen LogP contribution in [0.25, 0.3) is 0 Å². The number of carbonyl (C=O) groups excluding carboxylic acids is 2. The van der Waals surface area contributed by atoms with E-state index < -0.39 is 0 Å². The van der Waals surface area contributed by atoms with Crippen LogP contribution in [0.2, 0.25) is 0 Å². The number of hydrogen-bond donors (Lipinski definition) is 3. The minimum atomic E-state index is -0.257. The van der Waals surface area contributed by atoms with Crippen LogP contribution in [0.5, 0.6) is 0 Å². The smallest absolute Gasteiger partial charge is 0.319 e. The van der Waals surface area contributed by atoms with E-state index in [-0.39, 0.29) is 11.9 Å². The Morgan fingerprint density at radius 3 is 2.60 bits per heavy atom. The van der Waals surface area contributed by atoms with Gasteiger partial charge in [-0.2, -0.15) is 0 Å². The van der Waals surface area contributed by atoms with Crippen LogP contribution in [-0.4, -0.2) is 18.5 Å². The van der Waals surface area contributed by atoms with Crippen LogP contribution in [0.15, 0.2) is 30.3 Å². The van der Waals surface area contributed by atoms with Gasteiger partial charge in [-0.15, -0.1) is 11.3 Å². The number of carbonyl (C=O) groups is 2. The first-order valence-electron chi connectivity index (χ1n) is 8.73. The van der Waals surface area contributed by atoms with Gasteiger partial charge in [0.15, 0.2) is 0 Å². The van der Waals surface area contributed by atoms with Crippen LogP contribution in [0.1, 0.15) is 46.3 Å². The third kappa shape index (κ3) is 4.60. The Labute approximate surface area is 151 Å². The Hall–Kier alpha value is -2.34. The molecule has 0 spiro atoms. The number of urea groups is 1. The largest absolute Gasteiger partial charge is 0.338 e. The number of nitrogens with one attached hydrogen (secondary N) is 3. The molecule has 6 heteroatoms. The third-order valence-electron chi connectivity index (χ3n) is 4.19. The number of aryl methyl sites for hydroxylation is 2. The van der Waals surface area contributed by atoms with Crippen molar-refractivity contribution in [3.63, 3.8) is 0 Å². The lowest BCUT2D eigenvalue weighted by atomic mass is 10.1. The van der Waals surface area contributed by atoms with Crippen molar-refractivity contribution in [1.29, 1.82) is 0 Å². The summed E-state index contributed by atoms with van der Waals surface area (Å²) < 4.78 is 0. The van der Waals surface area contributed by atoms with Gasteiger partial charge in [0.05, 0.1) is 4.88 Å². The van der Waals surface area contributed by atoms with Crippen LogP contribution >= 0.6 is 11.3 Å². The van der Waals surface area contributed by atoms with Crippen LogP contribution < -0.4 is 16.0 Å². The molecule has 0 aliphatic heterocycles. The van der Waals surface area contributed by atoms with Gasteiger partial charge in [0.2, 0.25) is 0 Å². The fourth-order valence-electron chi connectivity index (χ4n) is 2.98. The first-order valence-corrected chi connectivity index (χ1v) is 9.55. The van der Waals surface area contributed by atoms with Gasteiger partial charge >= 0.3 is 6.03 Å². The molecular formula is C19H23N3O2S. The Kier molecular flexibility index (Phi) is 5.71. The van der Waals surface area contributed by atoms with Gasteiger partial charge in [-0.25, -0.2) is 4.79 Å². The normalized spacial score (nSPS) is 13.5. The molecule has 2 aromatic rings. The number of fused-ring (bicyclic) bond motifs is 1. The molecule has 1 aliphatic carbocycles. The van der Waals surface area contributed by atoms with Gasteiger partial charge in [-0.05, 0) is 62.4 Å². The lowest BCUT2D eigenvalue weighted by Crippen LogP contribution is -2.28. The zero-order valence-electron chi connectivity index (χ0n) is 14.4. The fourth-order valence-corrected chi connectivity index (χ4v) is 4.13. The molecule has 1 aromatic carbocycles. The Bertz CT molecular complexity index is 746. The van der Waals surface area contributed by atoms with Crippen LogP contribution in [-0.2, 0) is 12.8 Å². The molecule has 0 atom stereocenters. The van der Waals surface area contributed by atoms with Crippen molar-refractivity contribution in [2.24, 2.45) is 0 Å². The molecule has 0 saturated heterocycles. The van der Waals surface area contributed by atoms with E-state index in [1.54, 1.807) is 29.5 Å². The second-order valence-electron chi connectivity index (χ2n) is 6.14. The summed E-state index contributed by atoms with van der Waals surface area (Å²) in [6.07, 6.45) is 5.85. The highest BCUT2D eigenvalue weighted by Crippen LogP contribution is 2.29. The summed E-state index contributed by atoms with van der Waals surface area (Å²) in [6.45, 7) is 2.42. The van der Waals surface area contributed by atoms with Gasteiger partial charge in [0.25, 0.3) is 5.91 Å². The average Bonchev–Trinajstić information content (AvgIpc) is 2.86. The zero-order chi connectivity index (χ0) is 17.6. The highest BCUT2D eigenvalue weighted by Gasteiger charge is 2.16. The van der Waals surface area contributed by atoms with E-state index in [2.05, 4.69) is 16.0 Å². The maximum absolute atomic E-state index is 12.6. The molecule has 25 heavy (non-hydrogen) atoms. The predicted molar refractivity (Wildman–Crippen MR) is 103 cm³/mol. The van der Waals surface area contributed by atoms with Crippen LogP contribution in [0, 0.1) is 0 Å². The Morgan fingerprint density at radius 2 is 1.80 bits per heavy atom. The lowest BCUT2D eigenvalue weighted by Gasteiger charge is -2.08. The van der Waals surface area contributed by atoms with E-state index in [0.717, 1.165) is 17.7 Å². The molecule has 3 rings (SSSR count). The number of amides is 3. The van der Waals surface area contributed by atoms with Crippen molar-refractivity contribution in [2.45, 2.75) is 39.0 Å². The van der Waals surface area contributed by atoms with E-state index in [1.165, 1.54) is 29.7 Å². The van der Waals surface area contributed by atoms with Gasteiger partial charge in [0.1, 0.15) is 0 Å². The third-order valence-corrected chi connectivity index (χ3v) is 5.42. The van der Waals surface area contributed by atoms with Gasteiger partial charge in [-0.3, -0.25) is 4.79 Å². The summed E-state index contributed by atoms with van der Waals surface area (Å²) in [6, 6.07) is 8.95. The molecule has 3 N–H and O–H groups in total. The molecule has 1 aliphatic rings. The van der Waals surface area contributed by atoms with Crippen LogP contribution in [0.4, 0.5) is 16.2 Å². The van der Waals surface area contributed by atoms with Crippen molar-refractivity contribution in [3.8, 4) is 0 Å². The average molecular weight is 357 g/mol. The van der Waals surface area contributed by atoms with E-state index in [0.29, 0.717) is 17.9 Å². The molecule has 0 radical (unpaired) electrons. The van der Waals surface area contributed by atoms with E-state index >= 15 is 0 Å². The highest BCUT2D eigenvalue weighted by molar-refractivity contribution is 7.14. The molecular weight excluding hydrogens is 334 g/mol. The summed E-state index contributed by atoms with van der Waals surface area (Å²) >= 11 is 1.61. The number of benzene rings is 1. The first kappa shape index (κ1) is 17.5. The van der Waals surface area contributed by atoms with Crippen LogP contribution in [0.3, 0.4) is 0 Å². The maximum atomic E-state index is 12.6. The lowest BCUT2D eigenvalue weighted by molar-refractivity contribution is 0.103. The number of anilines is 2. The standard InChI is InChI=1S/C19H23N3O2S/c1-2-20-19(24)22-15-9-6-8-14(12-15)21-18(23)17-11-13-7-4-3-5-10-16(13)25-17/h6,8-9,11-12H,2-5,7,10H2,1H3,(H,21,23)(H2,20,22,24). The fraction of sp³-hybridized carbons (Fsp3) is 0.368. The van der Waals surface area contributed by atoms with Gasteiger partial charge in [0, 0.05) is 22.8 Å². The second-order valence-corrected chi connectivity index (χ2v) is 7.28. The quantitative estimate of drug-likeness (QED) is 0.709. The van der Waals surface area contributed by atoms with Crippen molar-refractivity contribution in [3.05, 3.63) is 45.6 Å². The summed E-state index contributed by atoms with van der Waals surface area (Å²) in [5.74, 6) is -0.0896. The molecule has 3 amide bonds. The SMILES string of the molecule is CCNC(=O)Nc1cccc(NC(=O)c2cc3c(s2)CCCCC3)c1. The predicted octanol–water partition coefficient (Wildman–Crippen LogP) is 4.41. The summed E-state index contributed by atoms with van der Waals surface area (Å²) in [7, 11) is 0. The zero-order valence-corrected chi connectivity index (χ0v) is 15.2. The Balaban J connectivity index is 1.67. The molecule has 0 saturated carbocycles. The molecule has 0 fully saturated rings. The van der Waals surface area contributed by atoms with E-state index in [9.17, 15) is 9.59 Å². The summed E-state index contributed by atoms with van der Waals surface area (Å²) in [4.78, 5) is 26.3. The Morgan fingerprint density at radius 1 is 1.04 bits per heavy atom. The maximum Gasteiger partial charge on any atom is 0.319 e. The second kappa shape index (κ2) is 8.16. The topological polar surface area (TPSA) is 70.2 Å². The number of hydrogen-bond acceptors (Lipinski definition) is 3. The summed E-state index contributed by atoms with van der Waals surface area (Å²) in [5.41, 5.74) is 2.65. The number of thiophene rings is 1. The highest BCUT2D eigenvalue weighted by atomic mass is 32.1. The molecule has 0 bridgehead atoms. The van der Waals surface area contributed by atoms with E-state index in [1.807, 2.05) is 19.1 Å². The van der Waals surface area contributed by atoms with Crippen molar-refractivity contribution in [1.82, 2.24) is 5.32 Å². The molecule has 1 heterocycles. The van der Waals surface area contributed by atoms with Crippen molar-refractivity contribution in [2.75, 3.05) is 17.2 Å². The van der Waals surface area contributed by atoms with Gasteiger partial charge < -0.3 is 16.0 Å². The van der Waals surface area contributed by atoms with Crippen molar-refractivity contribution < 1.29 is 9.59 Å². The minimum Gasteiger partial charge on any atom is -0.338 e. The molecule has 132 valence electrons. The molecule has 1 aromatic heterocycles. The van der Waals surface area contributed by atoms with Crippen molar-refractivity contribution >= 4 is 34.6 Å². The first-order chi connectivity index (χ1) is 12.2. The van der Waals surface area contributed by atoms with Gasteiger partial charge in [-0.1, -0.05) is 12.5 Å². The number of rotatable bonds is 4. The minimum absolute atomic E-state index is 0.0896. The summed E-state index contributed by atoms with van der Waals surface area (Å²) in [5, 5.41) is 8.35. The monoisotopic (exact) mass is 357 g/mol. The van der Waals surface area contributed by atoms with E-state index in [4.69, 9.17) is 0 Å². The molecule has 0 unspecified atom stereocenters.